The lowest BCUT2D eigenvalue weighted by Gasteiger charge is -2.61. The van der Waals surface area contributed by atoms with Crippen LogP contribution in [0.3, 0.4) is 0 Å². The predicted octanol–water partition coefficient (Wildman–Crippen LogP) is 6.14. The second-order valence-electron chi connectivity index (χ2n) is 11.7. The van der Waals surface area contributed by atoms with E-state index in [1.165, 1.54) is 50.5 Å². The van der Waals surface area contributed by atoms with E-state index in [4.69, 9.17) is 0 Å². The van der Waals surface area contributed by atoms with Crippen LogP contribution >= 0.6 is 0 Å². The highest BCUT2D eigenvalue weighted by molar-refractivity contribution is 5.91. The standard InChI is InChI=1S/C26H38O2/c1-16-13-20-21(24(3)11-8-19(28)15-22(16)24)9-12-25(4)23(20)14-18-7-5-6-10-26(18,25)17(2)27/h15-16,18,20-21,23H,5-14H2,1-4H3/t16-,18+,20-,21+,23+,24-,25+,26-/m1/s1. The maximum Gasteiger partial charge on any atom is 0.155 e. The number of hydrogen-bond acceptors (Lipinski definition) is 2. The molecule has 154 valence electrons. The van der Waals surface area contributed by atoms with Gasteiger partial charge in [0, 0.05) is 11.8 Å². The number of Topliss-reactive ketones (excluding diaryl/α,β-unsaturated/α-hetero) is 1. The molecule has 5 aliphatic carbocycles. The Hall–Kier alpha value is -0.920. The van der Waals surface area contributed by atoms with Crippen molar-refractivity contribution < 1.29 is 9.59 Å². The van der Waals surface area contributed by atoms with Gasteiger partial charge in [-0.15, -0.1) is 0 Å². The number of ketones is 2. The van der Waals surface area contributed by atoms with Crippen molar-refractivity contribution in [1.29, 1.82) is 0 Å². The van der Waals surface area contributed by atoms with E-state index in [-0.39, 0.29) is 16.2 Å². The second kappa shape index (κ2) is 6.05. The van der Waals surface area contributed by atoms with E-state index in [0.29, 0.717) is 35.2 Å². The summed E-state index contributed by atoms with van der Waals surface area (Å²) in [6.07, 6.45) is 13.8. The van der Waals surface area contributed by atoms with Crippen LogP contribution < -0.4 is 0 Å². The fourth-order valence-corrected chi connectivity index (χ4v) is 9.78. The first kappa shape index (κ1) is 19.1. The van der Waals surface area contributed by atoms with Crippen molar-refractivity contribution in [3.63, 3.8) is 0 Å². The number of carbonyl (C=O) groups is 2. The minimum absolute atomic E-state index is 0.0380. The van der Waals surface area contributed by atoms with Gasteiger partial charge in [-0.05, 0) is 98.4 Å². The number of carbonyl (C=O) groups excluding carboxylic acids is 2. The van der Waals surface area contributed by atoms with Crippen molar-refractivity contribution in [3.8, 4) is 0 Å². The van der Waals surface area contributed by atoms with Gasteiger partial charge < -0.3 is 0 Å². The van der Waals surface area contributed by atoms with E-state index in [1.807, 2.05) is 13.0 Å². The average molecular weight is 383 g/mol. The van der Waals surface area contributed by atoms with Gasteiger partial charge in [0.2, 0.25) is 0 Å². The molecule has 28 heavy (non-hydrogen) atoms. The summed E-state index contributed by atoms with van der Waals surface area (Å²) in [5, 5.41) is 0. The molecule has 5 aliphatic rings. The molecule has 0 bridgehead atoms. The Kier molecular flexibility index (Phi) is 4.12. The average Bonchev–Trinajstić information content (AvgIpc) is 2.94. The minimum atomic E-state index is -0.0380. The summed E-state index contributed by atoms with van der Waals surface area (Å²) in [6, 6.07) is 0. The molecule has 5 rings (SSSR count). The molecule has 2 nitrogen and oxygen atoms in total. The molecule has 4 saturated carbocycles. The van der Waals surface area contributed by atoms with Crippen LogP contribution in [0.5, 0.6) is 0 Å². The Morgan fingerprint density at radius 1 is 1.04 bits per heavy atom. The van der Waals surface area contributed by atoms with Crippen molar-refractivity contribution >= 4 is 11.6 Å². The molecule has 0 spiro atoms. The summed E-state index contributed by atoms with van der Waals surface area (Å²) < 4.78 is 0. The largest absolute Gasteiger partial charge is 0.299 e. The molecule has 0 aromatic heterocycles. The van der Waals surface area contributed by atoms with Crippen LogP contribution in [0.2, 0.25) is 0 Å². The van der Waals surface area contributed by atoms with Gasteiger partial charge >= 0.3 is 0 Å². The number of hydrogen-bond donors (Lipinski definition) is 0. The van der Waals surface area contributed by atoms with Crippen LogP contribution in [0.15, 0.2) is 11.6 Å². The van der Waals surface area contributed by atoms with Crippen molar-refractivity contribution in [3.05, 3.63) is 11.6 Å². The van der Waals surface area contributed by atoms with Crippen molar-refractivity contribution in [1.82, 2.24) is 0 Å². The summed E-state index contributed by atoms with van der Waals surface area (Å²) in [5.74, 6) is 4.16. The molecule has 0 radical (unpaired) electrons. The summed E-state index contributed by atoms with van der Waals surface area (Å²) in [4.78, 5) is 25.3. The first-order chi connectivity index (χ1) is 13.2. The topological polar surface area (TPSA) is 34.1 Å². The third kappa shape index (κ3) is 2.16. The molecule has 8 atom stereocenters. The highest BCUT2D eigenvalue weighted by Gasteiger charge is 2.69. The van der Waals surface area contributed by atoms with E-state index in [0.717, 1.165) is 25.2 Å². The highest BCUT2D eigenvalue weighted by atomic mass is 16.1. The fraction of sp³-hybridized carbons (Fsp3) is 0.846. The SMILES string of the molecule is CC(=O)[C@]12CCCC[C@H]1C[C@H]1[C@@H]3C[C@@H](C)C4=CC(=O)CC[C@]4(C)[C@H]3CC[C@@]12C. The molecule has 0 aliphatic heterocycles. The molecule has 0 unspecified atom stereocenters. The molecule has 4 fully saturated rings. The molecule has 0 aromatic rings. The molecule has 2 heteroatoms. The van der Waals surface area contributed by atoms with E-state index in [2.05, 4.69) is 20.8 Å². The molecule has 0 amide bonds. The lowest BCUT2D eigenvalue weighted by molar-refractivity contribution is -0.149. The Morgan fingerprint density at radius 3 is 2.57 bits per heavy atom. The number of fused-ring (bicyclic) bond motifs is 7. The van der Waals surface area contributed by atoms with E-state index < -0.39 is 0 Å². The molecule has 0 N–H and O–H groups in total. The first-order valence-electron chi connectivity index (χ1n) is 12.0. The van der Waals surface area contributed by atoms with E-state index in [1.54, 1.807) is 0 Å². The summed E-state index contributed by atoms with van der Waals surface area (Å²) >= 11 is 0. The summed E-state index contributed by atoms with van der Waals surface area (Å²) in [6.45, 7) is 9.28. The summed E-state index contributed by atoms with van der Waals surface area (Å²) in [5.41, 5.74) is 1.84. The Bertz CT molecular complexity index is 750. The number of allylic oxidation sites excluding steroid dienone is 1. The lowest BCUT2D eigenvalue weighted by atomic mass is 9.43. The highest BCUT2D eigenvalue weighted by Crippen LogP contribution is 2.74. The minimum Gasteiger partial charge on any atom is -0.299 e. The summed E-state index contributed by atoms with van der Waals surface area (Å²) in [7, 11) is 0. The third-order valence-electron chi connectivity index (χ3n) is 10.9. The van der Waals surface area contributed by atoms with Gasteiger partial charge in [-0.25, -0.2) is 0 Å². The third-order valence-corrected chi connectivity index (χ3v) is 10.9. The quantitative estimate of drug-likeness (QED) is 0.546. The van der Waals surface area contributed by atoms with Gasteiger partial charge in [0.1, 0.15) is 5.78 Å². The maximum absolute atomic E-state index is 13.2. The van der Waals surface area contributed by atoms with Crippen molar-refractivity contribution in [2.45, 2.75) is 91.9 Å². The van der Waals surface area contributed by atoms with Crippen molar-refractivity contribution in [2.75, 3.05) is 0 Å². The Balaban J connectivity index is 1.57. The van der Waals surface area contributed by atoms with E-state index in [9.17, 15) is 9.59 Å². The molecule has 0 aromatic carbocycles. The molecular weight excluding hydrogens is 344 g/mol. The molecule has 0 heterocycles. The van der Waals surface area contributed by atoms with Crippen LogP contribution in [-0.2, 0) is 9.59 Å². The van der Waals surface area contributed by atoms with Crippen LogP contribution in [0.4, 0.5) is 0 Å². The zero-order valence-electron chi connectivity index (χ0n) is 18.4. The zero-order chi connectivity index (χ0) is 19.9. The normalized spacial score (nSPS) is 52.8. The monoisotopic (exact) mass is 382 g/mol. The lowest BCUT2D eigenvalue weighted by Crippen LogP contribution is -2.56. The Labute approximate surface area is 170 Å². The van der Waals surface area contributed by atoms with Crippen LogP contribution in [0.1, 0.15) is 91.9 Å². The Morgan fingerprint density at radius 2 is 1.82 bits per heavy atom. The van der Waals surface area contributed by atoms with Crippen LogP contribution in [0, 0.1) is 45.8 Å². The smallest absolute Gasteiger partial charge is 0.155 e. The molecule has 0 saturated heterocycles. The zero-order valence-corrected chi connectivity index (χ0v) is 18.4. The van der Waals surface area contributed by atoms with Crippen molar-refractivity contribution in [2.24, 2.45) is 45.8 Å². The molecular formula is C26H38O2. The first-order valence-corrected chi connectivity index (χ1v) is 12.0. The van der Waals surface area contributed by atoms with E-state index >= 15 is 0 Å². The van der Waals surface area contributed by atoms with Gasteiger partial charge in [0.25, 0.3) is 0 Å². The second-order valence-corrected chi connectivity index (χ2v) is 11.7. The van der Waals surface area contributed by atoms with Gasteiger partial charge in [-0.1, -0.05) is 39.2 Å². The van der Waals surface area contributed by atoms with Gasteiger partial charge in [0.15, 0.2) is 5.78 Å². The van der Waals surface area contributed by atoms with Gasteiger partial charge in [-0.3, -0.25) is 9.59 Å². The van der Waals surface area contributed by atoms with Crippen LogP contribution in [0.25, 0.3) is 0 Å². The maximum atomic E-state index is 13.2. The van der Waals surface area contributed by atoms with Crippen LogP contribution in [-0.4, -0.2) is 11.6 Å². The fourth-order valence-electron chi connectivity index (χ4n) is 9.78. The van der Waals surface area contributed by atoms with Gasteiger partial charge in [0.05, 0.1) is 0 Å². The number of rotatable bonds is 1. The predicted molar refractivity (Wildman–Crippen MR) is 112 cm³/mol. The van der Waals surface area contributed by atoms with Gasteiger partial charge in [-0.2, -0.15) is 0 Å².